The second-order valence-corrected chi connectivity index (χ2v) is 5.89. The fourth-order valence-electron chi connectivity index (χ4n) is 2.19. The van der Waals surface area contributed by atoms with Gasteiger partial charge in [-0.25, -0.2) is 0 Å². The van der Waals surface area contributed by atoms with Crippen molar-refractivity contribution < 1.29 is 4.74 Å². The molecule has 0 bridgehead atoms. The van der Waals surface area contributed by atoms with Gasteiger partial charge in [0, 0.05) is 10.5 Å². The highest BCUT2D eigenvalue weighted by molar-refractivity contribution is 9.10. The molecule has 1 N–H and O–H groups in total. The molecule has 2 aromatic rings. The lowest BCUT2D eigenvalue weighted by Crippen LogP contribution is -2.18. The number of rotatable bonds is 5. The van der Waals surface area contributed by atoms with Crippen molar-refractivity contribution in [2.24, 2.45) is 0 Å². The molecule has 0 amide bonds. The standard InChI is InChI=1S/C16H17BrClNO/c1-19-15(9-11-4-3-5-13(17)8-11)12-6-7-16(20-2)14(18)10-12/h3-8,10,15,19H,9H2,1-2H3. The topological polar surface area (TPSA) is 21.3 Å². The minimum atomic E-state index is 0.215. The van der Waals surface area contributed by atoms with Crippen molar-refractivity contribution in [3.05, 3.63) is 63.1 Å². The third kappa shape index (κ3) is 3.75. The van der Waals surface area contributed by atoms with Crippen molar-refractivity contribution in [3.8, 4) is 5.75 Å². The van der Waals surface area contributed by atoms with Crippen molar-refractivity contribution in [2.75, 3.05) is 14.2 Å². The summed E-state index contributed by atoms with van der Waals surface area (Å²) in [6.45, 7) is 0. The zero-order valence-corrected chi connectivity index (χ0v) is 13.8. The molecule has 2 nitrogen and oxygen atoms in total. The Morgan fingerprint density at radius 1 is 1.25 bits per heavy atom. The van der Waals surface area contributed by atoms with Gasteiger partial charge in [-0.1, -0.05) is 45.7 Å². The quantitative estimate of drug-likeness (QED) is 0.846. The number of likely N-dealkylation sites (N-methyl/N-ethyl adjacent to an activating group) is 1. The van der Waals surface area contributed by atoms with Crippen LogP contribution in [0.15, 0.2) is 46.9 Å². The van der Waals surface area contributed by atoms with Crippen LogP contribution in [0.2, 0.25) is 5.02 Å². The Morgan fingerprint density at radius 2 is 2.05 bits per heavy atom. The number of ether oxygens (including phenoxy) is 1. The highest BCUT2D eigenvalue weighted by Gasteiger charge is 2.12. The maximum atomic E-state index is 6.20. The molecule has 0 aliphatic rings. The normalized spacial score (nSPS) is 12.2. The van der Waals surface area contributed by atoms with E-state index in [9.17, 15) is 0 Å². The van der Waals surface area contributed by atoms with Gasteiger partial charge in [0.1, 0.15) is 5.75 Å². The third-order valence-electron chi connectivity index (χ3n) is 3.26. The Kier molecular flexibility index (Phi) is 5.46. The lowest BCUT2D eigenvalue weighted by molar-refractivity contribution is 0.414. The van der Waals surface area contributed by atoms with Crippen LogP contribution < -0.4 is 10.1 Å². The fraction of sp³-hybridized carbons (Fsp3) is 0.250. The van der Waals surface area contributed by atoms with Gasteiger partial charge in [-0.15, -0.1) is 0 Å². The molecule has 0 saturated carbocycles. The van der Waals surface area contributed by atoms with E-state index in [0.717, 1.165) is 16.5 Å². The molecule has 0 fully saturated rings. The van der Waals surface area contributed by atoms with E-state index in [2.05, 4.69) is 33.4 Å². The van der Waals surface area contributed by atoms with E-state index < -0.39 is 0 Å². The summed E-state index contributed by atoms with van der Waals surface area (Å²) in [6.07, 6.45) is 0.901. The molecule has 0 aliphatic heterocycles. The van der Waals surface area contributed by atoms with Crippen molar-refractivity contribution in [1.29, 1.82) is 0 Å². The van der Waals surface area contributed by atoms with Gasteiger partial charge in [0.15, 0.2) is 0 Å². The summed E-state index contributed by atoms with van der Waals surface area (Å²) >= 11 is 9.70. The van der Waals surface area contributed by atoms with E-state index in [1.807, 2.05) is 37.4 Å². The van der Waals surface area contributed by atoms with Gasteiger partial charge in [-0.3, -0.25) is 0 Å². The zero-order chi connectivity index (χ0) is 14.5. The summed E-state index contributed by atoms with van der Waals surface area (Å²) in [5.41, 5.74) is 2.42. The number of hydrogen-bond acceptors (Lipinski definition) is 2. The molecule has 0 spiro atoms. The van der Waals surface area contributed by atoms with Gasteiger partial charge in [0.2, 0.25) is 0 Å². The number of methoxy groups -OCH3 is 1. The average Bonchev–Trinajstić information content (AvgIpc) is 2.44. The number of halogens is 2. The average molecular weight is 355 g/mol. The lowest BCUT2D eigenvalue weighted by Gasteiger charge is -2.18. The van der Waals surface area contributed by atoms with Gasteiger partial charge in [-0.05, 0) is 48.9 Å². The molecule has 20 heavy (non-hydrogen) atoms. The lowest BCUT2D eigenvalue weighted by atomic mass is 9.99. The van der Waals surface area contributed by atoms with Crippen LogP contribution in [0.5, 0.6) is 5.75 Å². The molecule has 0 aliphatic carbocycles. The number of nitrogens with one attached hydrogen (secondary N) is 1. The number of benzene rings is 2. The largest absolute Gasteiger partial charge is 0.495 e. The van der Waals surface area contributed by atoms with E-state index in [4.69, 9.17) is 16.3 Å². The molecule has 0 saturated heterocycles. The predicted octanol–water partition coefficient (Wildman–Crippen LogP) is 4.61. The summed E-state index contributed by atoms with van der Waals surface area (Å²) < 4.78 is 6.28. The van der Waals surface area contributed by atoms with Crippen LogP contribution in [0.4, 0.5) is 0 Å². The van der Waals surface area contributed by atoms with Crippen molar-refractivity contribution >= 4 is 27.5 Å². The van der Waals surface area contributed by atoms with Crippen molar-refractivity contribution in [1.82, 2.24) is 5.32 Å². The number of hydrogen-bond donors (Lipinski definition) is 1. The molecule has 1 unspecified atom stereocenters. The van der Waals surface area contributed by atoms with E-state index in [0.29, 0.717) is 10.8 Å². The van der Waals surface area contributed by atoms with Crippen LogP contribution in [-0.4, -0.2) is 14.2 Å². The Balaban J connectivity index is 2.22. The molecule has 2 aromatic carbocycles. The van der Waals surface area contributed by atoms with Crippen LogP contribution in [0.3, 0.4) is 0 Å². The first-order valence-electron chi connectivity index (χ1n) is 6.39. The second-order valence-electron chi connectivity index (χ2n) is 4.57. The first-order valence-corrected chi connectivity index (χ1v) is 7.56. The molecule has 0 radical (unpaired) electrons. The molecular formula is C16H17BrClNO. The van der Waals surface area contributed by atoms with Crippen molar-refractivity contribution in [3.63, 3.8) is 0 Å². The van der Waals surface area contributed by atoms with E-state index >= 15 is 0 Å². The first kappa shape index (κ1) is 15.4. The fourth-order valence-corrected chi connectivity index (χ4v) is 2.90. The van der Waals surface area contributed by atoms with Gasteiger partial charge in [0.25, 0.3) is 0 Å². The minimum Gasteiger partial charge on any atom is -0.495 e. The summed E-state index contributed by atoms with van der Waals surface area (Å²) in [7, 11) is 3.58. The van der Waals surface area contributed by atoms with Crippen LogP contribution in [0, 0.1) is 0 Å². The first-order chi connectivity index (χ1) is 9.63. The van der Waals surface area contributed by atoms with Gasteiger partial charge < -0.3 is 10.1 Å². The van der Waals surface area contributed by atoms with Gasteiger partial charge in [0.05, 0.1) is 12.1 Å². The molecule has 106 valence electrons. The van der Waals surface area contributed by atoms with E-state index in [1.54, 1.807) is 7.11 Å². The zero-order valence-electron chi connectivity index (χ0n) is 11.5. The smallest absolute Gasteiger partial charge is 0.137 e. The van der Waals surface area contributed by atoms with Crippen molar-refractivity contribution in [2.45, 2.75) is 12.5 Å². The molecule has 4 heteroatoms. The van der Waals surface area contributed by atoms with E-state index in [-0.39, 0.29) is 6.04 Å². The molecular weight excluding hydrogens is 338 g/mol. The molecule has 0 aromatic heterocycles. The Labute approximate surface area is 133 Å². The summed E-state index contributed by atoms with van der Waals surface area (Å²) in [5, 5.41) is 3.97. The predicted molar refractivity (Wildman–Crippen MR) is 87.7 cm³/mol. The SMILES string of the molecule is CNC(Cc1cccc(Br)c1)c1ccc(OC)c(Cl)c1. The molecule has 2 rings (SSSR count). The maximum absolute atomic E-state index is 6.20. The van der Waals surface area contributed by atoms with Gasteiger partial charge in [-0.2, -0.15) is 0 Å². The summed E-state index contributed by atoms with van der Waals surface area (Å²) in [6, 6.07) is 14.5. The Hall–Kier alpha value is -1.03. The van der Waals surface area contributed by atoms with Crippen LogP contribution in [0.25, 0.3) is 0 Å². The minimum absolute atomic E-state index is 0.215. The second kappa shape index (κ2) is 7.11. The monoisotopic (exact) mass is 353 g/mol. The van der Waals surface area contributed by atoms with Crippen LogP contribution >= 0.6 is 27.5 Å². The summed E-state index contributed by atoms with van der Waals surface area (Å²) in [4.78, 5) is 0. The highest BCUT2D eigenvalue weighted by Crippen LogP contribution is 2.29. The third-order valence-corrected chi connectivity index (χ3v) is 4.04. The van der Waals surface area contributed by atoms with E-state index in [1.165, 1.54) is 5.56 Å². The summed E-state index contributed by atoms with van der Waals surface area (Å²) in [5.74, 6) is 0.702. The highest BCUT2D eigenvalue weighted by atomic mass is 79.9. The Bertz CT molecular complexity index is 588. The van der Waals surface area contributed by atoms with Gasteiger partial charge >= 0.3 is 0 Å². The molecule has 1 atom stereocenters. The molecule has 0 heterocycles. The maximum Gasteiger partial charge on any atom is 0.137 e. The Morgan fingerprint density at radius 3 is 2.65 bits per heavy atom. The van der Waals surface area contributed by atoms with Crippen LogP contribution in [0.1, 0.15) is 17.2 Å². The van der Waals surface area contributed by atoms with Crippen LogP contribution in [-0.2, 0) is 6.42 Å².